The largest absolute Gasteiger partial charge is 0.497 e. The highest BCUT2D eigenvalue weighted by Gasteiger charge is 2.25. The maximum atomic E-state index is 5.76. The number of hydrogen-bond acceptors (Lipinski definition) is 4. The van der Waals surface area contributed by atoms with Gasteiger partial charge in [0.25, 0.3) is 0 Å². The molecule has 0 aromatic heterocycles. The van der Waals surface area contributed by atoms with E-state index in [4.69, 9.17) is 27.4 Å². The number of hydrogen-bond donors (Lipinski definition) is 2. The van der Waals surface area contributed by atoms with E-state index in [1.165, 1.54) is 0 Å². The minimum Gasteiger partial charge on any atom is -0.497 e. The Labute approximate surface area is 119 Å². The summed E-state index contributed by atoms with van der Waals surface area (Å²) in [5.74, 6) is 0.795. The third kappa shape index (κ3) is 3.36. The van der Waals surface area contributed by atoms with Gasteiger partial charge in [-0.1, -0.05) is 12.2 Å². The number of methoxy groups -OCH3 is 2. The molecule has 0 heterocycles. The molecular weight excluding hydrogens is 260 g/mol. The Balaban J connectivity index is 2.16. The van der Waals surface area contributed by atoms with Gasteiger partial charge in [0, 0.05) is 30.5 Å². The van der Waals surface area contributed by atoms with Crippen LogP contribution < -0.4 is 15.8 Å². The molecule has 1 fully saturated rings. The van der Waals surface area contributed by atoms with E-state index in [0.29, 0.717) is 17.1 Å². The summed E-state index contributed by atoms with van der Waals surface area (Å²) < 4.78 is 10.6. The van der Waals surface area contributed by atoms with Gasteiger partial charge >= 0.3 is 0 Å². The number of thiocarbonyl (C=S) groups is 1. The van der Waals surface area contributed by atoms with Crippen LogP contribution in [0.4, 0.5) is 5.69 Å². The van der Waals surface area contributed by atoms with Crippen molar-refractivity contribution in [1.29, 1.82) is 0 Å². The Morgan fingerprint density at radius 3 is 2.74 bits per heavy atom. The van der Waals surface area contributed by atoms with Gasteiger partial charge in [-0.25, -0.2) is 0 Å². The van der Waals surface area contributed by atoms with Crippen LogP contribution in [-0.2, 0) is 4.74 Å². The predicted molar refractivity (Wildman–Crippen MR) is 80.9 cm³/mol. The van der Waals surface area contributed by atoms with E-state index in [1.807, 2.05) is 18.2 Å². The molecular formula is C14H20N2O2S. The van der Waals surface area contributed by atoms with E-state index >= 15 is 0 Å². The molecule has 104 valence electrons. The van der Waals surface area contributed by atoms with Gasteiger partial charge in [0.2, 0.25) is 0 Å². The van der Waals surface area contributed by atoms with E-state index in [2.05, 4.69) is 5.32 Å². The third-order valence-electron chi connectivity index (χ3n) is 3.57. The summed E-state index contributed by atoms with van der Waals surface area (Å²) in [4.78, 5) is 0.395. The zero-order valence-electron chi connectivity index (χ0n) is 11.3. The fourth-order valence-electron chi connectivity index (χ4n) is 2.49. The second-order valence-electron chi connectivity index (χ2n) is 4.79. The SMILES string of the molecule is COc1ccc(C(N)=S)c(NC2CCC(OC)C2)c1. The first-order valence-electron chi connectivity index (χ1n) is 6.41. The van der Waals surface area contributed by atoms with Gasteiger partial charge in [0.1, 0.15) is 10.7 Å². The van der Waals surface area contributed by atoms with Crippen molar-refractivity contribution in [3.05, 3.63) is 23.8 Å². The smallest absolute Gasteiger partial charge is 0.120 e. The lowest BCUT2D eigenvalue weighted by atomic mass is 10.1. The summed E-state index contributed by atoms with van der Waals surface area (Å²) in [5, 5.41) is 3.50. The standard InChI is InChI=1S/C14H20N2O2S/c1-17-10-4-3-9(7-10)16-13-8-11(18-2)5-6-12(13)14(15)19/h5-6,8-10,16H,3-4,7H2,1-2H3,(H2,15,19). The summed E-state index contributed by atoms with van der Waals surface area (Å²) in [6.07, 6.45) is 3.52. The zero-order valence-corrected chi connectivity index (χ0v) is 12.1. The van der Waals surface area contributed by atoms with E-state index < -0.39 is 0 Å². The normalized spacial score (nSPS) is 22.2. The van der Waals surface area contributed by atoms with Crippen LogP contribution in [0.15, 0.2) is 18.2 Å². The Bertz CT molecular complexity index is 465. The van der Waals surface area contributed by atoms with Crippen LogP contribution in [0.1, 0.15) is 24.8 Å². The van der Waals surface area contributed by atoms with Crippen LogP contribution in [0.25, 0.3) is 0 Å². The van der Waals surface area contributed by atoms with Crippen LogP contribution in [0.2, 0.25) is 0 Å². The second-order valence-corrected chi connectivity index (χ2v) is 5.23. The molecule has 1 aromatic rings. The van der Waals surface area contributed by atoms with Crippen molar-refractivity contribution in [2.75, 3.05) is 19.5 Å². The molecule has 0 spiro atoms. The number of nitrogens with one attached hydrogen (secondary N) is 1. The number of ether oxygens (including phenoxy) is 2. The number of benzene rings is 1. The third-order valence-corrected chi connectivity index (χ3v) is 3.79. The summed E-state index contributed by atoms with van der Waals surface area (Å²) in [7, 11) is 3.41. The van der Waals surface area contributed by atoms with Gasteiger partial charge < -0.3 is 20.5 Å². The van der Waals surface area contributed by atoms with E-state index in [0.717, 1.165) is 36.3 Å². The molecule has 19 heavy (non-hydrogen) atoms. The van der Waals surface area contributed by atoms with Gasteiger partial charge in [0.05, 0.1) is 13.2 Å². The molecule has 0 saturated heterocycles. The predicted octanol–water partition coefficient (Wildman–Crippen LogP) is 2.31. The molecule has 1 aromatic carbocycles. The fraction of sp³-hybridized carbons (Fsp3) is 0.500. The fourth-order valence-corrected chi connectivity index (χ4v) is 2.67. The average Bonchev–Trinajstić information content (AvgIpc) is 2.86. The van der Waals surface area contributed by atoms with Crippen molar-refractivity contribution in [1.82, 2.24) is 0 Å². The molecule has 1 aliphatic rings. The minimum atomic E-state index is 0.344. The Hall–Kier alpha value is -1.33. The molecule has 1 saturated carbocycles. The first-order valence-corrected chi connectivity index (χ1v) is 6.82. The highest BCUT2D eigenvalue weighted by Crippen LogP contribution is 2.28. The first-order chi connectivity index (χ1) is 9.13. The lowest BCUT2D eigenvalue weighted by Gasteiger charge is -2.18. The monoisotopic (exact) mass is 280 g/mol. The van der Waals surface area contributed by atoms with Gasteiger partial charge in [-0.15, -0.1) is 0 Å². The summed E-state index contributed by atoms with van der Waals surface area (Å²) >= 11 is 5.09. The lowest BCUT2D eigenvalue weighted by molar-refractivity contribution is 0.108. The quantitative estimate of drug-likeness (QED) is 0.811. The van der Waals surface area contributed by atoms with Crippen molar-refractivity contribution < 1.29 is 9.47 Å². The van der Waals surface area contributed by atoms with Gasteiger partial charge in [-0.2, -0.15) is 0 Å². The summed E-state index contributed by atoms with van der Waals surface area (Å²) in [5.41, 5.74) is 7.56. The molecule has 4 nitrogen and oxygen atoms in total. The molecule has 5 heteroatoms. The zero-order chi connectivity index (χ0) is 13.8. The van der Waals surface area contributed by atoms with Gasteiger partial charge in [-0.3, -0.25) is 0 Å². The molecule has 0 aliphatic heterocycles. The Kier molecular flexibility index (Phi) is 4.61. The molecule has 0 amide bonds. The number of nitrogens with two attached hydrogens (primary N) is 1. The van der Waals surface area contributed by atoms with Crippen LogP contribution in [0, 0.1) is 0 Å². The van der Waals surface area contributed by atoms with Crippen LogP contribution in [0.5, 0.6) is 5.75 Å². The molecule has 2 atom stereocenters. The average molecular weight is 280 g/mol. The molecule has 0 radical (unpaired) electrons. The molecule has 0 bridgehead atoms. The molecule has 3 N–H and O–H groups in total. The van der Waals surface area contributed by atoms with E-state index in [-0.39, 0.29) is 0 Å². The van der Waals surface area contributed by atoms with Crippen molar-refractivity contribution >= 4 is 22.9 Å². The number of rotatable bonds is 5. The lowest BCUT2D eigenvalue weighted by Crippen LogP contribution is -2.20. The topological polar surface area (TPSA) is 56.5 Å². The first kappa shape index (κ1) is 14.1. The van der Waals surface area contributed by atoms with Crippen molar-refractivity contribution in [2.45, 2.75) is 31.4 Å². The van der Waals surface area contributed by atoms with Gasteiger partial charge in [0.15, 0.2) is 0 Å². The summed E-state index contributed by atoms with van der Waals surface area (Å²) in [6.45, 7) is 0. The molecule has 1 aliphatic carbocycles. The van der Waals surface area contributed by atoms with Crippen LogP contribution in [-0.4, -0.2) is 31.4 Å². The van der Waals surface area contributed by atoms with Crippen LogP contribution in [0.3, 0.4) is 0 Å². The van der Waals surface area contributed by atoms with Crippen molar-refractivity contribution in [2.24, 2.45) is 5.73 Å². The van der Waals surface area contributed by atoms with E-state index in [1.54, 1.807) is 14.2 Å². The van der Waals surface area contributed by atoms with E-state index in [9.17, 15) is 0 Å². The highest BCUT2D eigenvalue weighted by molar-refractivity contribution is 7.80. The molecule has 2 rings (SSSR count). The minimum absolute atomic E-state index is 0.344. The highest BCUT2D eigenvalue weighted by atomic mass is 32.1. The van der Waals surface area contributed by atoms with Gasteiger partial charge in [-0.05, 0) is 31.4 Å². The van der Waals surface area contributed by atoms with Crippen molar-refractivity contribution in [3.63, 3.8) is 0 Å². The van der Waals surface area contributed by atoms with Crippen molar-refractivity contribution in [3.8, 4) is 5.75 Å². The van der Waals surface area contributed by atoms with Crippen LogP contribution >= 0.6 is 12.2 Å². The Morgan fingerprint density at radius 1 is 1.37 bits per heavy atom. The second kappa shape index (κ2) is 6.21. The number of anilines is 1. The summed E-state index contributed by atoms with van der Waals surface area (Å²) in [6, 6.07) is 6.10. The molecule has 2 unspecified atom stereocenters. The maximum Gasteiger partial charge on any atom is 0.120 e. The maximum absolute atomic E-state index is 5.76. The Morgan fingerprint density at radius 2 is 2.16 bits per heavy atom.